The highest BCUT2D eigenvalue weighted by molar-refractivity contribution is 5.31. The second-order valence-corrected chi connectivity index (χ2v) is 2.86. The van der Waals surface area contributed by atoms with Crippen LogP contribution >= 0.6 is 0 Å². The molecular weight excluding hydrogens is 148 g/mol. The van der Waals surface area contributed by atoms with Gasteiger partial charge in [-0.1, -0.05) is 25.1 Å². The van der Waals surface area contributed by atoms with E-state index in [9.17, 15) is 0 Å². The molecule has 0 aliphatic carbocycles. The molecule has 2 nitrogen and oxygen atoms in total. The second kappa shape index (κ2) is 4.24. The van der Waals surface area contributed by atoms with E-state index in [-0.39, 0.29) is 0 Å². The van der Waals surface area contributed by atoms with Crippen LogP contribution in [0.4, 0.5) is 0 Å². The summed E-state index contributed by atoms with van der Waals surface area (Å²) in [4.78, 5) is 0. The zero-order chi connectivity index (χ0) is 8.97. The summed E-state index contributed by atoms with van der Waals surface area (Å²) in [7, 11) is 0. The maximum atomic E-state index is 5.59. The summed E-state index contributed by atoms with van der Waals surface area (Å²) in [6.45, 7) is 3.36. The van der Waals surface area contributed by atoms with Crippen LogP contribution in [0.25, 0.3) is 0 Å². The minimum atomic E-state index is 0.609. The lowest BCUT2D eigenvalue weighted by atomic mass is 10.0. The van der Waals surface area contributed by atoms with Crippen LogP contribution in [-0.2, 0) is 19.5 Å². The highest BCUT2D eigenvalue weighted by Gasteiger charge is 1.99. The molecule has 1 aromatic rings. The summed E-state index contributed by atoms with van der Waals surface area (Å²) in [6.07, 6.45) is 1.03. The predicted octanol–water partition coefficient (Wildman–Crippen LogP) is 1.17. The molecule has 0 saturated carbocycles. The fourth-order valence-corrected chi connectivity index (χ4v) is 1.33. The Morgan fingerprint density at radius 3 is 2.33 bits per heavy atom. The van der Waals surface area contributed by atoms with Crippen LogP contribution in [0.5, 0.6) is 0 Å². The molecule has 0 aliphatic heterocycles. The van der Waals surface area contributed by atoms with Gasteiger partial charge in [0.2, 0.25) is 0 Å². The minimum absolute atomic E-state index is 0.609. The third-order valence-electron chi connectivity index (χ3n) is 2.11. The van der Waals surface area contributed by atoms with E-state index in [1.807, 2.05) is 6.07 Å². The molecule has 12 heavy (non-hydrogen) atoms. The molecule has 4 N–H and O–H groups in total. The van der Waals surface area contributed by atoms with E-state index in [4.69, 9.17) is 11.5 Å². The number of nitrogens with two attached hydrogens (primary N) is 2. The fraction of sp³-hybridized carbons (Fsp3) is 0.400. The van der Waals surface area contributed by atoms with Gasteiger partial charge in [-0.15, -0.1) is 0 Å². The lowest BCUT2D eigenvalue weighted by molar-refractivity contribution is 0.981. The third-order valence-corrected chi connectivity index (χ3v) is 2.11. The summed E-state index contributed by atoms with van der Waals surface area (Å²) >= 11 is 0. The Hall–Kier alpha value is -0.860. The van der Waals surface area contributed by atoms with E-state index in [1.54, 1.807) is 0 Å². The summed E-state index contributed by atoms with van der Waals surface area (Å²) in [5, 5.41) is 0. The van der Waals surface area contributed by atoms with E-state index < -0.39 is 0 Å². The van der Waals surface area contributed by atoms with Crippen LogP contribution in [0.2, 0.25) is 0 Å². The zero-order valence-electron chi connectivity index (χ0n) is 7.51. The average molecular weight is 164 g/mol. The molecule has 1 aromatic carbocycles. The molecule has 0 unspecified atom stereocenters. The van der Waals surface area contributed by atoms with Gasteiger partial charge in [0.25, 0.3) is 0 Å². The van der Waals surface area contributed by atoms with Crippen molar-refractivity contribution in [2.75, 3.05) is 0 Å². The Labute approximate surface area is 73.6 Å². The molecule has 0 aromatic heterocycles. The average Bonchev–Trinajstić information content (AvgIpc) is 2.16. The van der Waals surface area contributed by atoms with Gasteiger partial charge in [0, 0.05) is 13.1 Å². The standard InChI is InChI=1S/C10H16N2/c1-2-9-5-8(6-11)3-4-10(9)7-12/h3-5H,2,6-7,11-12H2,1H3. The molecule has 2 heteroatoms. The van der Waals surface area contributed by atoms with Crippen LogP contribution in [0.15, 0.2) is 18.2 Å². The topological polar surface area (TPSA) is 52.0 Å². The first-order valence-corrected chi connectivity index (χ1v) is 4.32. The normalized spacial score (nSPS) is 10.2. The van der Waals surface area contributed by atoms with Crippen molar-refractivity contribution in [3.05, 3.63) is 34.9 Å². The lowest BCUT2D eigenvalue weighted by Crippen LogP contribution is -2.03. The highest BCUT2D eigenvalue weighted by atomic mass is 14.5. The van der Waals surface area contributed by atoms with Crippen molar-refractivity contribution in [2.24, 2.45) is 11.5 Å². The molecule has 66 valence electrons. The van der Waals surface area contributed by atoms with Crippen molar-refractivity contribution in [1.82, 2.24) is 0 Å². The maximum Gasteiger partial charge on any atom is 0.0180 e. The van der Waals surface area contributed by atoms with Gasteiger partial charge in [-0.3, -0.25) is 0 Å². The monoisotopic (exact) mass is 164 g/mol. The zero-order valence-corrected chi connectivity index (χ0v) is 7.51. The van der Waals surface area contributed by atoms with E-state index in [2.05, 4.69) is 19.1 Å². The molecule has 0 atom stereocenters. The summed E-state index contributed by atoms with van der Waals surface area (Å²) in [6, 6.07) is 6.25. The van der Waals surface area contributed by atoms with E-state index >= 15 is 0 Å². The Bertz CT molecular complexity index is 256. The van der Waals surface area contributed by atoms with Gasteiger partial charge in [-0.25, -0.2) is 0 Å². The largest absolute Gasteiger partial charge is 0.326 e. The van der Waals surface area contributed by atoms with Gasteiger partial charge in [0.15, 0.2) is 0 Å². The molecular formula is C10H16N2. The molecule has 0 bridgehead atoms. The van der Waals surface area contributed by atoms with Crippen molar-refractivity contribution in [1.29, 1.82) is 0 Å². The summed E-state index contributed by atoms with van der Waals surface area (Å²) in [5.74, 6) is 0. The van der Waals surface area contributed by atoms with Gasteiger partial charge < -0.3 is 11.5 Å². The molecule has 0 fully saturated rings. The fourth-order valence-electron chi connectivity index (χ4n) is 1.33. The van der Waals surface area contributed by atoms with Crippen molar-refractivity contribution < 1.29 is 0 Å². The van der Waals surface area contributed by atoms with E-state index in [0.717, 1.165) is 6.42 Å². The van der Waals surface area contributed by atoms with Gasteiger partial charge in [0.1, 0.15) is 0 Å². The van der Waals surface area contributed by atoms with Crippen molar-refractivity contribution in [3.8, 4) is 0 Å². The number of hydrogen-bond donors (Lipinski definition) is 2. The van der Waals surface area contributed by atoms with Crippen molar-refractivity contribution in [2.45, 2.75) is 26.4 Å². The van der Waals surface area contributed by atoms with Crippen LogP contribution < -0.4 is 11.5 Å². The Balaban J connectivity index is 3.02. The van der Waals surface area contributed by atoms with Gasteiger partial charge >= 0.3 is 0 Å². The van der Waals surface area contributed by atoms with Crippen LogP contribution in [0.3, 0.4) is 0 Å². The molecule has 0 aliphatic rings. The van der Waals surface area contributed by atoms with Gasteiger partial charge in [-0.2, -0.15) is 0 Å². The number of rotatable bonds is 3. The van der Waals surface area contributed by atoms with Crippen LogP contribution in [0.1, 0.15) is 23.6 Å². The Morgan fingerprint density at radius 1 is 1.08 bits per heavy atom. The molecule has 0 radical (unpaired) electrons. The minimum Gasteiger partial charge on any atom is -0.326 e. The number of benzene rings is 1. The maximum absolute atomic E-state index is 5.59. The first-order valence-electron chi connectivity index (χ1n) is 4.32. The summed E-state index contributed by atoms with van der Waals surface area (Å²) in [5.41, 5.74) is 14.9. The molecule has 0 heterocycles. The number of hydrogen-bond acceptors (Lipinski definition) is 2. The highest BCUT2D eigenvalue weighted by Crippen LogP contribution is 2.11. The van der Waals surface area contributed by atoms with Gasteiger partial charge in [-0.05, 0) is 23.1 Å². The van der Waals surface area contributed by atoms with Crippen LogP contribution in [-0.4, -0.2) is 0 Å². The molecule has 0 amide bonds. The molecule has 0 spiro atoms. The van der Waals surface area contributed by atoms with Crippen molar-refractivity contribution >= 4 is 0 Å². The van der Waals surface area contributed by atoms with Crippen molar-refractivity contribution in [3.63, 3.8) is 0 Å². The predicted molar refractivity (Wildman–Crippen MR) is 51.6 cm³/mol. The quantitative estimate of drug-likeness (QED) is 0.704. The third kappa shape index (κ3) is 1.84. The van der Waals surface area contributed by atoms with Crippen LogP contribution in [0, 0.1) is 0 Å². The first-order chi connectivity index (χ1) is 5.81. The first kappa shape index (κ1) is 9.23. The molecule has 0 saturated heterocycles. The molecule has 1 rings (SSSR count). The SMILES string of the molecule is CCc1cc(CN)ccc1CN. The Morgan fingerprint density at radius 2 is 1.83 bits per heavy atom. The smallest absolute Gasteiger partial charge is 0.0180 e. The van der Waals surface area contributed by atoms with Gasteiger partial charge in [0.05, 0.1) is 0 Å². The van der Waals surface area contributed by atoms with E-state index in [0.29, 0.717) is 13.1 Å². The summed E-state index contributed by atoms with van der Waals surface area (Å²) < 4.78 is 0. The lowest BCUT2D eigenvalue weighted by Gasteiger charge is -2.06. The number of aryl methyl sites for hydroxylation is 1. The van der Waals surface area contributed by atoms with E-state index in [1.165, 1.54) is 16.7 Å². The second-order valence-electron chi connectivity index (χ2n) is 2.86. The Kier molecular flexibility index (Phi) is 3.26.